The van der Waals surface area contributed by atoms with Crippen LogP contribution in [0.15, 0.2) is 47.2 Å². The van der Waals surface area contributed by atoms with Crippen molar-refractivity contribution in [1.82, 2.24) is 4.98 Å². The monoisotopic (exact) mass is 374 g/mol. The van der Waals surface area contributed by atoms with Crippen molar-refractivity contribution in [2.45, 2.75) is 0 Å². The van der Waals surface area contributed by atoms with Crippen LogP contribution in [-0.4, -0.2) is 30.6 Å². The third-order valence-electron chi connectivity index (χ3n) is 3.19. The summed E-state index contributed by atoms with van der Waals surface area (Å²) in [6.07, 6.45) is 0. The van der Waals surface area contributed by atoms with E-state index in [1.807, 2.05) is 29.6 Å². The van der Waals surface area contributed by atoms with E-state index in [1.165, 1.54) is 22.7 Å². The van der Waals surface area contributed by atoms with Gasteiger partial charge in [0.15, 0.2) is 11.7 Å². The van der Waals surface area contributed by atoms with Gasteiger partial charge in [-0.05, 0) is 35.7 Å². The van der Waals surface area contributed by atoms with Crippen LogP contribution in [-0.2, 0) is 9.53 Å². The predicted molar refractivity (Wildman–Crippen MR) is 97.3 cm³/mol. The molecule has 0 unspecified atom stereocenters. The molecule has 1 amide bonds. The minimum absolute atomic E-state index is 0.353. The number of carbonyl (C=O) groups is 2. The summed E-state index contributed by atoms with van der Waals surface area (Å²) in [5.41, 5.74) is 1.67. The molecular weight excluding hydrogens is 360 g/mol. The first-order chi connectivity index (χ1) is 12.2. The lowest BCUT2D eigenvalue weighted by molar-refractivity contribution is -0.119. The largest absolute Gasteiger partial charge is 0.497 e. The number of ether oxygens (including phenoxy) is 2. The molecule has 3 aromatic rings. The normalized spacial score (nSPS) is 10.3. The maximum atomic E-state index is 11.9. The number of methoxy groups -OCH3 is 1. The van der Waals surface area contributed by atoms with Gasteiger partial charge >= 0.3 is 5.97 Å². The second-order valence-electron chi connectivity index (χ2n) is 4.87. The smallest absolute Gasteiger partial charge is 0.348 e. The van der Waals surface area contributed by atoms with Crippen LogP contribution in [0.4, 0.5) is 5.13 Å². The van der Waals surface area contributed by atoms with Gasteiger partial charge in [0.1, 0.15) is 10.6 Å². The molecule has 1 aromatic carbocycles. The number of aromatic nitrogens is 1. The van der Waals surface area contributed by atoms with Gasteiger partial charge < -0.3 is 9.47 Å². The van der Waals surface area contributed by atoms with Crippen LogP contribution in [0.5, 0.6) is 5.75 Å². The summed E-state index contributed by atoms with van der Waals surface area (Å²) in [7, 11) is 1.61. The summed E-state index contributed by atoms with van der Waals surface area (Å²) in [5, 5.41) is 6.69. The van der Waals surface area contributed by atoms with Crippen molar-refractivity contribution in [2.24, 2.45) is 0 Å². The maximum absolute atomic E-state index is 11.9. The lowest BCUT2D eigenvalue weighted by Gasteiger charge is -2.03. The van der Waals surface area contributed by atoms with Gasteiger partial charge in [-0.3, -0.25) is 10.1 Å². The SMILES string of the molecule is COc1ccc(-c2csc(NC(=O)COC(=O)c3cccs3)n2)cc1. The van der Waals surface area contributed by atoms with Gasteiger partial charge in [0.25, 0.3) is 5.91 Å². The van der Waals surface area contributed by atoms with Crippen molar-refractivity contribution in [3.63, 3.8) is 0 Å². The van der Waals surface area contributed by atoms with Gasteiger partial charge in [-0.15, -0.1) is 22.7 Å². The lowest BCUT2D eigenvalue weighted by atomic mass is 10.2. The fourth-order valence-electron chi connectivity index (χ4n) is 1.98. The van der Waals surface area contributed by atoms with E-state index in [-0.39, 0.29) is 6.61 Å². The zero-order valence-electron chi connectivity index (χ0n) is 13.2. The van der Waals surface area contributed by atoms with Gasteiger partial charge in [-0.1, -0.05) is 6.07 Å². The summed E-state index contributed by atoms with van der Waals surface area (Å²) in [6.45, 7) is -0.353. The number of amides is 1. The molecule has 3 rings (SSSR count). The Labute approximate surface area is 152 Å². The minimum Gasteiger partial charge on any atom is -0.497 e. The predicted octanol–water partition coefficient (Wildman–Crippen LogP) is 3.68. The van der Waals surface area contributed by atoms with Crippen LogP contribution in [0.25, 0.3) is 11.3 Å². The fraction of sp³-hybridized carbons (Fsp3) is 0.118. The zero-order chi connectivity index (χ0) is 17.6. The highest BCUT2D eigenvalue weighted by Gasteiger charge is 2.12. The Hall–Kier alpha value is -2.71. The van der Waals surface area contributed by atoms with Crippen LogP contribution in [0.2, 0.25) is 0 Å². The quantitative estimate of drug-likeness (QED) is 0.666. The molecule has 128 valence electrons. The summed E-state index contributed by atoms with van der Waals surface area (Å²) < 4.78 is 10.1. The minimum atomic E-state index is -0.511. The Bertz CT molecular complexity index is 857. The molecule has 8 heteroatoms. The second kappa shape index (κ2) is 7.91. The Morgan fingerprint density at radius 2 is 1.96 bits per heavy atom. The standard InChI is InChI=1S/C17H14N2O4S2/c1-22-12-6-4-11(5-7-12)13-10-25-17(18-13)19-15(20)9-23-16(21)14-3-2-8-24-14/h2-8,10H,9H2,1H3,(H,18,19,20). The highest BCUT2D eigenvalue weighted by molar-refractivity contribution is 7.14. The molecule has 0 spiro atoms. The Balaban J connectivity index is 1.55. The third-order valence-corrected chi connectivity index (χ3v) is 4.80. The van der Waals surface area contributed by atoms with Crippen molar-refractivity contribution in [2.75, 3.05) is 19.0 Å². The molecule has 0 radical (unpaired) electrons. The average molecular weight is 374 g/mol. The van der Waals surface area contributed by atoms with Crippen LogP contribution in [0.1, 0.15) is 9.67 Å². The zero-order valence-corrected chi connectivity index (χ0v) is 14.9. The number of anilines is 1. The lowest BCUT2D eigenvalue weighted by Crippen LogP contribution is -2.20. The van der Waals surface area contributed by atoms with Crippen molar-refractivity contribution >= 4 is 39.7 Å². The first-order valence-electron chi connectivity index (χ1n) is 7.26. The molecule has 0 fully saturated rings. The number of hydrogen-bond donors (Lipinski definition) is 1. The van der Waals surface area contributed by atoms with E-state index >= 15 is 0 Å². The molecule has 6 nitrogen and oxygen atoms in total. The topological polar surface area (TPSA) is 77.5 Å². The first kappa shape index (κ1) is 17.1. The van der Waals surface area contributed by atoms with E-state index in [4.69, 9.17) is 9.47 Å². The molecule has 2 aromatic heterocycles. The number of hydrogen-bond acceptors (Lipinski definition) is 7. The molecule has 0 saturated carbocycles. The van der Waals surface area contributed by atoms with E-state index in [2.05, 4.69) is 10.3 Å². The third kappa shape index (κ3) is 4.43. The number of nitrogens with one attached hydrogen (secondary N) is 1. The van der Waals surface area contributed by atoms with Gasteiger partial charge in [0.2, 0.25) is 0 Å². The van der Waals surface area contributed by atoms with Gasteiger partial charge in [-0.2, -0.15) is 0 Å². The summed E-state index contributed by atoms with van der Waals surface area (Å²) >= 11 is 2.57. The molecule has 25 heavy (non-hydrogen) atoms. The van der Waals surface area contributed by atoms with Gasteiger partial charge in [-0.25, -0.2) is 9.78 Å². The molecule has 2 heterocycles. The van der Waals surface area contributed by atoms with Crippen molar-refractivity contribution in [3.05, 3.63) is 52.0 Å². The van der Waals surface area contributed by atoms with Gasteiger partial charge in [0, 0.05) is 10.9 Å². The first-order valence-corrected chi connectivity index (χ1v) is 9.02. The van der Waals surface area contributed by atoms with Crippen molar-refractivity contribution in [3.8, 4) is 17.0 Å². The number of carbonyl (C=O) groups excluding carboxylic acids is 2. The van der Waals surface area contributed by atoms with Crippen molar-refractivity contribution in [1.29, 1.82) is 0 Å². The van der Waals surface area contributed by atoms with Crippen molar-refractivity contribution < 1.29 is 19.1 Å². The number of nitrogens with zero attached hydrogens (tertiary/aromatic N) is 1. The van der Waals surface area contributed by atoms with Crippen LogP contribution in [0, 0.1) is 0 Å². The molecule has 0 atom stereocenters. The molecule has 0 aliphatic rings. The van der Waals surface area contributed by atoms with Gasteiger partial charge in [0.05, 0.1) is 12.8 Å². The van der Waals surface area contributed by atoms with E-state index in [9.17, 15) is 9.59 Å². The van der Waals surface area contributed by atoms with E-state index < -0.39 is 11.9 Å². The number of rotatable bonds is 6. The average Bonchev–Trinajstić information content (AvgIpc) is 3.32. The van der Waals surface area contributed by atoms with Crippen LogP contribution in [0.3, 0.4) is 0 Å². The number of thiophene rings is 1. The highest BCUT2D eigenvalue weighted by Crippen LogP contribution is 2.26. The molecule has 0 bridgehead atoms. The second-order valence-corrected chi connectivity index (χ2v) is 6.67. The van der Waals surface area contributed by atoms with E-state index in [1.54, 1.807) is 24.6 Å². The molecule has 0 aliphatic heterocycles. The molecule has 1 N–H and O–H groups in total. The van der Waals surface area contributed by atoms with Crippen LogP contribution >= 0.6 is 22.7 Å². The van der Waals surface area contributed by atoms with Crippen LogP contribution < -0.4 is 10.1 Å². The van der Waals surface area contributed by atoms with E-state index in [0.717, 1.165) is 17.0 Å². The maximum Gasteiger partial charge on any atom is 0.348 e. The Kier molecular flexibility index (Phi) is 5.42. The number of esters is 1. The number of thiazole rings is 1. The molecule has 0 aliphatic carbocycles. The summed E-state index contributed by atoms with van der Waals surface area (Å²) in [4.78, 5) is 28.4. The summed E-state index contributed by atoms with van der Waals surface area (Å²) in [5.74, 6) is -0.177. The summed E-state index contributed by atoms with van der Waals surface area (Å²) in [6, 6.07) is 10.9. The Morgan fingerprint density at radius 3 is 2.64 bits per heavy atom. The van der Waals surface area contributed by atoms with E-state index in [0.29, 0.717) is 10.0 Å². The highest BCUT2D eigenvalue weighted by atomic mass is 32.1. The Morgan fingerprint density at radius 1 is 1.16 bits per heavy atom. The fourth-order valence-corrected chi connectivity index (χ4v) is 3.33. The number of benzene rings is 1. The molecular formula is C17H14N2O4S2. The molecule has 0 saturated heterocycles.